The number of ether oxygens (including phenoxy) is 3. The molecule has 3 unspecified atom stereocenters. The van der Waals surface area contributed by atoms with E-state index in [1.807, 2.05) is 13.8 Å². The van der Waals surface area contributed by atoms with Crippen molar-refractivity contribution in [3.05, 3.63) is 12.3 Å². The highest BCUT2D eigenvalue weighted by molar-refractivity contribution is 7.41. The second kappa shape index (κ2) is 13.5. The molecular weight excluding hydrogens is 381 g/mol. The zero-order chi connectivity index (χ0) is 20.1. The molecule has 0 aromatic carbocycles. The summed E-state index contributed by atoms with van der Waals surface area (Å²) in [6.45, 7) is 4.05. The zero-order valence-corrected chi connectivity index (χ0v) is 16.6. The monoisotopic (exact) mass is 409 g/mol. The van der Waals surface area contributed by atoms with Gasteiger partial charge in [0.1, 0.15) is 6.23 Å². The van der Waals surface area contributed by atoms with Gasteiger partial charge in [-0.15, -0.1) is 0 Å². The van der Waals surface area contributed by atoms with Crippen molar-refractivity contribution in [3.63, 3.8) is 0 Å². The normalized spacial score (nSPS) is 21.6. The molecular formula is C15H28N3O8P. The first kappa shape index (κ1) is 23.4. The molecule has 156 valence electrons. The SMILES string of the molecule is COP(OCOC(=O)OCC(C)C)OCC1CCC(N/C=C\C(N)=NO)O1. The molecule has 0 bridgehead atoms. The highest BCUT2D eigenvalue weighted by Gasteiger charge is 2.26. The smallest absolute Gasteiger partial charge is 0.434 e. The third kappa shape index (κ3) is 10.9. The van der Waals surface area contributed by atoms with E-state index in [-0.39, 0.29) is 44.1 Å². The van der Waals surface area contributed by atoms with E-state index in [2.05, 4.69) is 10.5 Å². The summed E-state index contributed by atoms with van der Waals surface area (Å²) in [7, 11) is -0.239. The van der Waals surface area contributed by atoms with Crippen LogP contribution in [0.4, 0.5) is 4.79 Å². The van der Waals surface area contributed by atoms with Gasteiger partial charge in [0, 0.05) is 13.3 Å². The Morgan fingerprint density at radius 1 is 1.41 bits per heavy atom. The van der Waals surface area contributed by atoms with Gasteiger partial charge >= 0.3 is 14.8 Å². The molecule has 1 aliphatic rings. The van der Waals surface area contributed by atoms with E-state index in [4.69, 9.17) is 38.7 Å². The lowest BCUT2D eigenvalue weighted by Crippen LogP contribution is -2.26. The molecule has 1 saturated heterocycles. The molecule has 3 atom stereocenters. The molecule has 4 N–H and O–H groups in total. The number of rotatable bonds is 12. The molecule has 1 heterocycles. The maximum Gasteiger partial charge on any atom is 0.510 e. The van der Waals surface area contributed by atoms with Crippen LogP contribution in [0.2, 0.25) is 0 Å². The van der Waals surface area contributed by atoms with Gasteiger partial charge in [-0.3, -0.25) is 4.52 Å². The second-order valence-corrected chi connectivity index (χ2v) is 7.23. The van der Waals surface area contributed by atoms with Crippen molar-refractivity contribution in [3.8, 4) is 0 Å². The predicted octanol–water partition coefficient (Wildman–Crippen LogP) is 2.01. The van der Waals surface area contributed by atoms with E-state index in [1.54, 1.807) is 6.20 Å². The van der Waals surface area contributed by atoms with Gasteiger partial charge in [-0.05, 0) is 24.8 Å². The molecule has 1 rings (SSSR count). The summed E-state index contributed by atoms with van der Waals surface area (Å²) in [4.78, 5) is 11.3. The Morgan fingerprint density at radius 2 is 2.19 bits per heavy atom. The highest BCUT2D eigenvalue weighted by Crippen LogP contribution is 2.39. The number of nitrogens with one attached hydrogen (secondary N) is 1. The quantitative estimate of drug-likeness (QED) is 0.0833. The molecule has 0 radical (unpaired) electrons. The molecule has 1 aliphatic heterocycles. The average molecular weight is 409 g/mol. The summed E-state index contributed by atoms with van der Waals surface area (Å²) in [6, 6.07) is 0. The fraction of sp³-hybridized carbons (Fsp3) is 0.733. The Bertz CT molecular complexity index is 492. The van der Waals surface area contributed by atoms with Crippen LogP contribution >= 0.6 is 8.60 Å². The van der Waals surface area contributed by atoms with E-state index in [0.717, 1.165) is 12.8 Å². The third-order valence-electron chi connectivity index (χ3n) is 3.14. The van der Waals surface area contributed by atoms with E-state index in [1.165, 1.54) is 13.2 Å². The number of amidine groups is 1. The summed E-state index contributed by atoms with van der Waals surface area (Å²) in [5.41, 5.74) is 5.32. The summed E-state index contributed by atoms with van der Waals surface area (Å²) in [5.74, 6) is 0.205. The van der Waals surface area contributed by atoms with Crippen LogP contribution in [0.15, 0.2) is 17.4 Å². The minimum absolute atomic E-state index is 0.0152. The van der Waals surface area contributed by atoms with Crippen LogP contribution in [0.3, 0.4) is 0 Å². The van der Waals surface area contributed by atoms with Crippen LogP contribution in [0.1, 0.15) is 26.7 Å². The second-order valence-electron chi connectivity index (χ2n) is 5.90. The van der Waals surface area contributed by atoms with E-state index in [9.17, 15) is 4.79 Å². The van der Waals surface area contributed by atoms with Gasteiger partial charge < -0.3 is 39.5 Å². The maximum absolute atomic E-state index is 11.3. The van der Waals surface area contributed by atoms with Crippen molar-refractivity contribution in [2.75, 3.05) is 27.1 Å². The number of carbonyl (C=O) groups excluding carboxylic acids is 1. The molecule has 0 aliphatic carbocycles. The highest BCUT2D eigenvalue weighted by atomic mass is 31.2. The number of hydrogen-bond acceptors (Lipinski definition) is 10. The van der Waals surface area contributed by atoms with Gasteiger partial charge in [0.2, 0.25) is 6.79 Å². The zero-order valence-electron chi connectivity index (χ0n) is 15.7. The minimum Gasteiger partial charge on any atom is -0.434 e. The number of oxime groups is 1. The van der Waals surface area contributed by atoms with E-state index < -0.39 is 14.8 Å². The van der Waals surface area contributed by atoms with E-state index in [0.29, 0.717) is 0 Å². The van der Waals surface area contributed by atoms with Crippen molar-refractivity contribution in [1.82, 2.24) is 5.32 Å². The molecule has 0 aromatic rings. The van der Waals surface area contributed by atoms with Crippen LogP contribution in [0, 0.1) is 5.92 Å². The molecule has 0 aromatic heterocycles. The summed E-state index contributed by atoms with van der Waals surface area (Å²) >= 11 is 0. The molecule has 0 spiro atoms. The average Bonchev–Trinajstić information content (AvgIpc) is 3.10. The van der Waals surface area contributed by atoms with Gasteiger partial charge in [-0.1, -0.05) is 19.0 Å². The lowest BCUT2D eigenvalue weighted by Gasteiger charge is -2.18. The van der Waals surface area contributed by atoms with Crippen molar-refractivity contribution in [2.24, 2.45) is 16.8 Å². The molecule has 0 amide bonds. The summed E-state index contributed by atoms with van der Waals surface area (Å²) < 4.78 is 31.2. The van der Waals surface area contributed by atoms with Gasteiger partial charge in [-0.2, -0.15) is 0 Å². The molecule has 12 heteroatoms. The van der Waals surface area contributed by atoms with Crippen molar-refractivity contribution in [1.29, 1.82) is 0 Å². The fourth-order valence-electron chi connectivity index (χ4n) is 1.91. The van der Waals surface area contributed by atoms with Crippen LogP contribution in [0.5, 0.6) is 0 Å². The standard InChI is InChI=1S/C15H28N3O8P/c1-11(2)8-22-15(19)23-10-25-27(21-3)24-9-12-4-5-14(26-12)17-7-6-13(16)18-20/h6-7,11-12,14,17,20H,4-5,8-10H2,1-3H3,(H2,16,18)/b7-6-. The number of hydrogen-bond donors (Lipinski definition) is 3. The van der Waals surface area contributed by atoms with Crippen LogP contribution in [0.25, 0.3) is 0 Å². The lowest BCUT2D eigenvalue weighted by atomic mass is 10.2. The number of nitrogens with two attached hydrogens (primary N) is 1. The van der Waals surface area contributed by atoms with E-state index >= 15 is 0 Å². The maximum atomic E-state index is 11.3. The van der Waals surface area contributed by atoms with Gasteiger partial charge in [-0.25, -0.2) is 4.79 Å². The van der Waals surface area contributed by atoms with Crippen LogP contribution < -0.4 is 11.1 Å². The molecule has 11 nitrogen and oxygen atoms in total. The number of nitrogens with zero attached hydrogens (tertiary/aromatic N) is 1. The fourth-order valence-corrected chi connectivity index (χ4v) is 2.62. The van der Waals surface area contributed by atoms with Gasteiger partial charge in [0.25, 0.3) is 0 Å². The Hall–Kier alpha value is -1.65. The Morgan fingerprint density at radius 3 is 2.85 bits per heavy atom. The van der Waals surface area contributed by atoms with Crippen molar-refractivity contribution >= 4 is 20.6 Å². The topological polar surface area (TPSA) is 143 Å². The largest absolute Gasteiger partial charge is 0.510 e. The summed E-state index contributed by atoms with van der Waals surface area (Å²) in [6.07, 6.45) is 3.37. The first-order valence-corrected chi connectivity index (χ1v) is 9.49. The van der Waals surface area contributed by atoms with Gasteiger partial charge in [0.15, 0.2) is 5.84 Å². The first-order chi connectivity index (χ1) is 12.9. The predicted molar refractivity (Wildman–Crippen MR) is 96.7 cm³/mol. The Labute approximate surface area is 159 Å². The Balaban J connectivity index is 2.17. The molecule has 1 fully saturated rings. The lowest BCUT2D eigenvalue weighted by molar-refractivity contribution is -0.0185. The summed E-state index contributed by atoms with van der Waals surface area (Å²) in [5, 5.41) is 14.2. The number of carbonyl (C=O) groups is 1. The molecule has 0 saturated carbocycles. The van der Waals surface area contributed by atoms with Crippen LogP contribution in [-0.2, 0) is 27.8 Å². The van der Waals surface area contributed by atoms with Crippen molar-refractivity contribution < 1.29 is 37.8 Å². The third-order valence-corrected chi connectivity index (χ3v) is 4.12. The Kier molecular flexibility index (Phi) is 11.7. The van der Waals surface area contributed by atoms with Gasteiger partial charge in [0.05, 0.1) is 19.3 Å². The van der Waals surface area contributed by atoms with Crippen LogP contribution in [-0.4, -0.2) is 56.6 Å². The molecule has 27 heavy (non-hydrogen) atoms. The first-order valence-electron chi connectivity index (χ1n) is 8.39. The van der Waals surface area contributed by atoms with Crippen molar-refractivity contribution in [2.45, 2.75) is 39.0 Å². The minimum atomic E-state index is -1.67.